The van der Waals surface area contributed by atoms with E-state index in [0.717, 1.165) is 40.4 Å². The number of carbonyl (C=O) groups is 2. The van der Waals surface area contributed by atoms with Gasteiger partial charge in [-0.1, -0.05) is 25.3 Å². The molecule has 2 heterocycles. The van der Waals surface area contributed by atoms with Crippen LogP contribution in [0, 0.1) is 0 Å². The van der Waals surface area contributed by atoms with Gasteiger partial charge in [-0.3, -0.25) is 4.79 Å². The molecule has 7 heteroatoms. The van der Waals surface area contributed by atoms with E-state index in [2.05, 4.69) is 20.9 Å². The molecule has 0 unspecified atom stereocenters. The van der Waals surface area contributed by atoms with Crippen molar-refractivity contribution in [2.45, 2.75) is 51.1 Å². The van der Waals surface area contributed by atoms with Gasteiger partial charge < -0.3 is 16.0 Å². The summed E-state index contributed by atoms with van der Waals surface area (Å²) in [7, 11) is 0. The molecule has 0 atom stereocenters. The molecule has 3 N–H and O–H groups in total. The molecule has 1 aliphatic carbocycles. The molecule has 4 rings (SSSR count). The van der Waals surface area contributed by atoms with E-state index >= 15 is 0 Å². The topological polar surface area (TPSA) is 83.1 Å². The minimum Gasteiger partial charge on any atom is -0.335 e. The molecule has 0 radical (unpaired) electrons. The first-order valence-corrected chi connectivity index (χ1v) is 9.97. The maximum atomic E-state index is 12.0. The number of fused-ring (bicyclic) bond motifs is 1. The SMILES string of the molecule is O=C1Cc2cc(-c3csc(CNC(=O)NC4CCCCC4)n3)ccc2N1. The highest BCUT2D eigenvalue weighted by Crippen LogP contribution is 2.29. The number of carbonyl (C=O) groups excluding carboxylic acids is 2. The van der Waals surface area contributed by atoms with E-state index in [1.54, 1.807) is 0 Å². The first-order chi connectivity index (χ1) is 12.7. The fourth-order valence-corrected chi connectivity index (χ4v) is 4.30. The average Bonchev–Trinajstić information content (AvgIpc) is 3.25. The van der Waals surface area contributed by atoms with Crippen LogP contribution in [0.2, 0.25) is 0 Å². The van der Waals surface area contributed by atoms with Crippen molar-refractivity contribution >= 4 is 29.0 Å². The standard InChI is InChI=1S/C19H22N4O2S/c24-17-9-13-8-12(6-7-15(13)22-17)16-11-26-18(23-16)10-20-19(25)21-14-4-2-1-3-5-14/h6-8,11,14H,1-5,9-10H2,(H,22,24)(H2,20,21,25). The van der Waals surface area contributed by atoms with Gasteiger partial charge in [0.2, 0.25) is 5.91 Å². The Hall–Kier alpha value is -2.41. The number of anilines is 1. The lowest BCUT2D eigenvalue weighted by Crippen LogP contribution is -2.42. The molecule has 1 aromatic heterocycles. The first-order valence-electron chi connectivity index (χ1n) is 9.09. The van der Waals surface area contributed by atoms with Crippen molar-refractivity contribution in [2.75, 3.05) is 5.32 Å². The maximum Gasteiger partial charge on any atom is 0.315 e. The number of hydrogen-bond acceptors (Lipinski definition) is 4. The highest BCUT2D eigenvalue weighted by atomic mass is 32.1. The van der Waals surface area contributed by atoms with Gasteiger partial charge in [0.15, 0.2) is 0 Å². The molecule has 1 aliphatic heterocycles. The van der Waals surface area contributed by atoms with E-state index in [1.165, 1.54) is 30.6 Å². The molecule has 2 aromatic rings. The zero-order chi connectivity index (χ0) is 17.9. The average molecular weight is 370 g/mol. The molecule has 0 bridgehead atoms. The summed E-state index contributed by atoms with van der Waals surface area (Å²) in [5.41, 5.74) is 3.76. The lowest BCUT2D eigenvalue weighted by atomic mass is 9.96. The lowest BCUT2D eigenvalue weighted by molar-refractivity contribution is -0.115. The van der Waals surface area contributed by atoms with Gasteiger partial charge in [-0.2, -0.15) is 0 Å². The zero-order valence-electron chi connectivity index (χ0n) is 14.5. The lowest BCUT2D eigenvalue weighted by Gasteiger charge is -2.22. The van der Waals surface area contributed by atoms with Crippen molar-refractivity contribution in [1.82, 2.24) is 15.6 Å². The molecule has 0 saturated heterocycles. The van der Waals surface area contributed by atoms with Crippen molar-refractivity contribution in [1.29, 1.82) is 0 Å². The molecule has 3 amide bonds. The highest BCUT2D eigenvalue weighted by molar-refractivity contribution is 7.09. The van der Waals surface area contributed by atoms with Gasteiger partial charge in [-0.15, -0.1) is 11.3 Å². The van der Waals surface area contributed by atoms with E-state index < -0.39 is 0 Å². The van der Waals surface area contributed by atoms with Gasteiger partial charge in [0.25, 0.3) is 0 Å². The molecule has 6 nitrogen and oxygen atoms in total. The number of urea groups is 1. The van der Waals surface area contributed by atoms with Crippen LogP contribution in [0.4, 0.5) is 10.5 Å². The van der Waals surface area contributed by atoms with Crippen molar-refractivity contribution in [2.24, 2.45) is 0 Å². The summed E-state index contributed by atoms with van der Waals surface area (Å²) in [6.07, 6.45) is 6.23. The van der Waals surface area contributed by atoms with E-state index in [0.29, 0.717) is 19.0 Å². The number of benzene rings is 1. The summed E-state index contributed by atoms with van der Waals surface area (Å²) in [6.45, 7) is 0.425. The maximum absolute atomic E-state index is 12.0. The summed E-state index contributed by atoms with van der Waals surface area (Å²) >= 11 is 1.53. The molecule has 1 aromatic carbocycles. The highest BCUT2D eigenvalue weighted by Gasteiger charge is 2.19. The van der Waals surface area contributed by atoms with Gasteiger partial charge >= 0.3 is 6.03 Å². The van der Waals surface area contributed by atoms with Crippen LogP contribution in [0.25, 0.3) is 11.3 Å². The Morgan fingerprint density at radius 3 is 2.96 bits per heavy atom. The smallest absolute Gasteiger partial charge is 0.315 e. The van der Waals surface area contributed by atoms with Gasteiger partial charge in [0.1, 0.15) is 5.01 Å². The fraction of sp³-hybridized carbons (Fsp3) is 0.421. The summed E-state index contributed by atoms with van der Waals surface area (Å²) in [5.74, 6) is 0.0318. The zero-order valence-corrected chi connectivity index (χ0v) is 15.3. The summed E-state index contributed by atoms with van der Waals surface area (Å²) in [4.78, 5) is 28.1. The Bertz CT molecular complexity index is 827. The monoisotopic (exact) mass is 370 g/mol. The Morgan fingerprint density at radius 2 is 2.12 bits per heavy atom. The minimum absolute atomic E-state index is 0.0318. The number of thiazole rings is 1. The number of rotatable bonds is 4. The minimum atomic E-state index is -0.115. The predicted molar refractivity (Wildman–Crippen MR) is 102 cm³/mol. The second kappa shape index (κ2) is 7.45. The second-order valence-corrected chi connectivity index (χ2v) is 7.83. The summed E-state index contributed by atoms with van der Waals surface area (Å²) in [5, 5.41) is 11.6. The normalized spacial score (nSPS) is 16.8. The van der Waals surface area contributed by atoms with Gasteiger partial charge in [0.05, 0.1) is 18.7 Å². The van der Waals surface area contributed by atoms with Crippen LogP contribution in [0.15, 0.2) is 23.6 Å². The molecule has 26 heavy (non-hydrogen) atoms. The van der Waals surface area contributed by atoms with Gasteiger partial charge in [-0.05, 0) is 30.5 Å². The van der Waals surface area contributed by atoms with Crippen molar-refractivity contribution < 1.29 is 9.59 Å². The van der Waals surface area contributed by atoms with Gasteiger partial charge in [-0.25, -0.2) is 9.78 Å². The number of hydrogen-bond donors (Lipinski definition) is 3. The van der Waals surface area contributed by atoms with Crippen LogP contribution in [0.3, 0.4) is 0 Å². The Labute approximate surface area is 156 Å². The number of nitrogens with one attached hydrogen (secondary N) is 3. The molecule has 1 saturated carbocycles. The van der Waals surface area contributed by atoms with Crippen molar-refractivity contribution in [3.05, 3.63) is 34.2 Å². The number of amides is 3. The second-order valence-electron chi connectivity index (χ2n) is 6.89. The van der Waals surface area contributed by atoms with Crippen LogP contribution in [-0.4, -0.2) is 23.0 Å². The number of aromatic nitrogens is 1. The van der Waals surface area contributed by atoms with E-state index in [-0.39, 0.29) is 11.9 Å². The largest absolute Gasteiger partial charge is 0.335 e. The molecule has 0 spiro atoms. The summed E-state index contributed by atoms with van der Waals surface area (Å²) < 4.78 is 0. The first kappa shape index (κ1) is 17.0. The van der Waals surface area contributed by atoms with Crippen molar-refractivity contribution in [3.8, 4) is 11.3 Å². The Morgan fingerprint density at radius 1 is 1.27 bits per heavy atom. The van der Waals surface area contributed by atoms with Crippen LogP contribution < -0.4 is 16.0 Å². The number of nitrogens with zero attached hydrogens (tertiary/aromatic N) is 1. The summed E-state index contributed by atoms with van der Waals surface area (Å²) in [6, 6.07) is 6.08. The van der Waals surface area contributed by atoms with Crippen LogP contribution >= 0.6 is 11.3 Å². The van der Waals surface area contributed by atoms with Crippen LogP contribution in [0.5, 0.6) is 0 Å². The molecular weight excluding hydrogens is 348 g/mol. The quantitative estimate of drug-likeness (QED) is 0.771. The third-order valence-electron chi connectivity index (χ3n) is 4.92. The van der Waals surface area contributed by atoms with Crippen LogP contribution in [-0.2, 0) is 17.8 Å². The van der Waals surface area contributed by atoms with E-state index in [4.69, 9.17) is 0 Å². The van der Waals surface area contributed by atoms with E-state index in [1.807, 2.05) is 23.6 Å². The Balaban J connectivity index is 1.34. The fourth-order valence-electron chi connectivity index (χ4n) is 3.55. The third-order valence-corrected chi connectivity index (χ3v) is 5.77. The van der Waals surface area contributed by atoms with Gasteiger partial charge in [0, 0.05) is 22.7 Å². The molecule has 2 aliphatic rings. The molecular formula is C19H22N4O2S. The molecule has 1 fully saturated rings. The van der Waals surface area contributed by atoms with Crippen LogP contribution in [0.1, 0.15) is 42.7 Å². The Kier molecular flexibility index (Phi) is 4.88. The predicted octanol–water partition coefficient (Wildman–Crippen LogP) is 3.44. The van der Waals surface area contributed by atoms with Crippen molar-refractivity contribution in [3.63, 3.8) is 0 Å². The third kappa shape index (κ3) is 3.88. The van der Waals surface area contributed by atoms with E-state index in [9.17, 15) is 9.59 Å². The molecule has 136 valence electrons.